The van der Waals surface area contributed by atoms with Crippen molar-refractivity contribution in [3.8, 4) is 11.8 Å². The Morgan fingerprint density at radius 2 is 2.00 bits per heavy atom. The molecule has 2 aromatic heterocycles. The van der Waals surface area contributed by atoms with Crippen molar-refractivity contribution in [2.75, 3.05) is 14.2 Å². The number of rotatable bonds is 5. The molecule has 20 heavy (non-hydrogen) atoms. The molecule has 7 nitrogen and oxygen atoms in total. The zero-order valence-electron chi connectivity index (χ0n) is 11.8. The van der Waals surface area contributed by atoms with E-state index in [1.165, 1.54) is 20.4 Å². The van der Waals surface area contributed by atoms with E-state index in [0.717, 1.165) is 15.6 Å². The Bertz CT molecular complexity index is 602. The first-order chi connectivity index (χ1) is 9.60. The van der Waals surface area contributed by atoms with Gasteiger partial charge in [-0.15, -0.1) is 11.3 Å². The van der Waals surface area contributed by atoms with Crippen LogP contribution < -0.4 is 20.7 Å². The highest BCUT2D eigenvalue weighted by Gasteiger charge is 2.24. The summed E-state index contributed by atoms with van der Waals surface area (Å²) in [6.07, 6.45) is 1.53. The lowest BCUT2D eigenvalue weighted by atomic mass is 10.1. The Labute approximate surface area is 121 Å². The van der Waals surface area contributed by atoms with Gasteiger partial charge in [-0.1, -0.05) is 0 Å². The van der Waals surface area contributed by atoms with Crippen molar-refractivity contribution in [2.45, 2.75) is 19.9 Å². The van der Waals surface area contributed by atoms with Crippen molar-refractivity contribution in [2.24, 2.45) is 5.84 Å². The van der Waals surface area contributed by atoms with Crippen molar-refractivity contribution >= 4 is 11.3 Å². The van der Waals surface area contributed by atoms with E-state index in [4.69, 9.17) is 15.3 Å². The summed E-state index contributed by atoms with van der Waals surface area (Å²) in [7, 11) is 3.06. The zero-order valence-corrected chi connectivity index (χ0v) is 12.6. The number of nitrogens with zero attached hydrogens (tertiary/aromatic N) is 3. The van der Waals surface area contributed by atoms with Gasteiger partial charge >= 0.3 is 0 Å². The average Bonchev–Trinajstić information content (AvgIpc) is 2.79. The van der Waals surface area contributed by atoms with Crippen LogP contribution in [0.3, 0.4) is 0 Å². The van der Waals surface area contributed by atoms with Gasteiger partial charge in [0.15, 0.2) is 0 Å². The Morgan fingerprint density at radius 3 is 2.50 bits per heavy atom. The third-order valence-electron chi connectivity index (χ3n) is 2.79. The van der Waals surface area contributed by atoms with Crippen LogP contribution in [0.4, 0.5) is 0 Å². The SMILES string of the molecule is COc1cnc(C(NN)c2sc(C)nc2C)c(OC)n1. The van der Waals surface area contributed by atoms with E-state index < -0.39 is 0 Å². The second-order valence-corrected chi connectivity index (χ2v) is 5.32. The van der Waals surface area contributed by atoms with E-state index in [1.807, 2.05) is 13.8 Å². The molecule has 0 aliphatic carbocycles. The largest absolute Gasteiger partial charge is 0.480 e. The highest BCUT2D eigenvalue weighted by atomic mass is 32.1. The maximum absolute atomic E-state index is 5.68. The first kappa shape index (κ1) is 14.6. The fourth-order valence-electron chi connectivity index (χ4n) is 1.91. The topological polar surface area (TPSA) is 95.2 Å². The van der Waals surface area contributed by atoms with E-state index in [2.05, 4.69) is 20.4 Å². The molecule has 0 bridgehead atoms. The Balaban J connectivity index is 2.49. The summed E-state index contributed by atoms with van der Waals surface area (Å²) in [4.78, 5) is 14.0. The van der Waals surface area contributed by atoms with Gasteiger partial charge in [-0.05, 0) is 13.8 Å². The number of nitrogens with one attached hydrogen (secondary N) is 1. The molecule has 1 atom stereocenters. The molecule has 3 N–H and O–H groups in total. The molecule has 8 heteroatoms. The lowest BCUT2D eigenvalue weighted by molar-refractivity contribution is 0.353. The summed E-state index contributed by atoms with van der Waals surface area (Å²) in [6.45, 7) is 3.89. The van der Waals surface area contributed by atoms with Gasteiger partial charge in [0.1, 0.15) is 11.7 Å². The van der Waals surface area contributed by atoms with Crippen molar-refractivity contribution in [3.05, 3.63) is 27.5 Å². The number of methoxy groups -OCH3 is 2. The van der Waals surface area contributed by atoms with Crippen molar-refractivity contribution in [1.82, 2.24) is 20.4 Å². The maximum atomic E-state index is 5.68. The number of nitrogens with two attached hydrogens (primary N) is 1. The molecule has 1 unspecified atom stereocenters. The van der Waals surface area contributed by atoms with Crippen molar-refractivity contribution in [1.29, 1.82) is 0 Å². The number of ether oxygens (including phenoxy) is 2. The summed E-state index contributed by atoms with van der Waals surface area (Å²) < 4.78 is 10.3. The standard InChI is InChI=1S/C12H17N5O2S/c1-6-11(20-7(2)15-6)9(17-13)10-12(19-4)16-8(18-3)5-14-10/h5,9,17H,13H2,1-4H3. The Hall–Kier alpha value is -1.77. The molecule has 0 aromatic carbocycles. The minimum Gasteiger partial charge on any atom is -0.480 e. The predicted octanol–water partition coefficient (Wildman–Crippen LogP) is 1.12. The summed E-state index contributed by atoms with van der Waals surface area (Å²) in [5.74, 6) is 6.44. The molecule has 108 valence electrons. The van der Waals surface area contributed by atoms with Gasteiger partial charge < -0.3 is 9.47 Å². The minimum absolute atomic E-state index is 0.324. The van der Waals surface area contributed by atoms with E-state index in [1.54, 1.807) is 11.3 Å². The third-order valence-corrected chi connectivity index (χ3v) is 3.93. The van der Waals surface area contributed by atoms with Crippen LogP contribution in [0.5, 0.6) is 11.8 Å². The van der Waals surface area contributed by atoms with Gasteiger partial charge in [0, 0.05) is 0 Å². The summed E-state index contributed by atoms with van der Waals surface area (Å²) >= 11 is 1.56. The van der Waals surface area contributed by atoms with Gasteiger partial charge in [-0.3, -0.25) is 5.84 Å². The molecular formula is C12H17N5O2S. The highest BCUT2D eigenvalue weighted by Crippen LogP contribution is 2.32. The van der Waals surface area contributed by atoms with E-state index in [9.17, 15) is 0 Å². The average molecular weight is 295 g/mol. The van der Waals surface area contributed by atoms with Crippen molar-refractivity contribution in [3.63, 3.8) is 0 Å². The van der Waals surface area contributed by atoms with Crippen LogP contribution in [0.1, 0.15) is 27.3 Å². The maximum Gasteiger partial charge on any atom is 0.240 e. The lowest BCUT2D eigenvalue weighted by Gasteiger charge is -2.16. The Kier molecular flexibility index (Phi) is 4.48. The second kappa shape index (κ2) is 6.12. The first-order valence-corrected chi connectivity index (χ1v) is 6.77. The summed E-state index contributed by atoms with van der Waals surface area (Å²) in [5, 5.41) is 0.971. The first-order valence-electron chi connectivity index (χ1n) is 5.95. The number of thiazole rings is 1. The molecule has 0 aliphatic rings. The fraction of sp³-hybridized carbons (Fsp3) is 0.417. The molecule has 2 heterocycles. The molecule has 0 spiro atoms. The van der Waals surface area contributed by atoms with Gasteiger partial charge in [-0.2, -0.15) is 4.98 Å². The fourth-order valence-corrected chi connectivity index (χ4v) is 2.90. The molecular weight excluding hydrogens is 278 g/mol. The molecule has 0 radical (unpaired) electrons. The number of aryl methyl sites for hydroxylation is 2. The molecule has 2 rings (SSSR count). The molecule has 0 saturated carbocycles. The van der Waals surface area contributed by atoms with Gasteiger partial charge in [0.25, 0.3) is 0 Å². The van der Waals surface area contributed by atoms with E-state index in [0.29, 0.717) is 17.5 Å². The summed E-state index contributed by atoms with van der Waals surface area (Å²) in [6, 6.07) is -0.324. The zero-order chi connectivity index (χ0) is 14.7. The smallest absolute Gasteiger partial charge is 0.240 e. The van der Waals surface area contributed by atoms with Crippen LogP contribution in [0.2, 0.25) is 0 Å². The minimum atomic E-state index is -0.324. The van der Waals surface area contributed by atoms with Crippen LogP contribution in [-0.4, -0.2) is 29.2 Å². The predicted molar refractivity (Wildman–Crippen MR) is 75.9 cm³/mol. The molecule has 0 saturated heterocycles. The molecule has 0 amide bonds. The van der Waals surface area contributed by atoms with E-state index >= 15 is 0 Å². The van der Waals surface area contributed by atoms with E-state index in [-0.39, 0.29) is 6.04 Å². The van der Waals surface area contributed by atoms with Crippen LogP contribution >= 0.6 is 11.3 Å². The number of hydrogen-bond acceptors (Lipinski definition) is 8. The van der Waals surface area contributed by atoms with Crippen LogP contribution in [0.15, 0.2) is 6.20 Å². The summed E-state index contributed by atoms with van der Waals surface area (Å²) in [5.41, 5.74) is 4.26. The molecule has 0 aliphatic heterocycles. The van der Waals surface area contributed by atoms with Gasteiger partial charge in [0.05, 0.1) is 36.0 Å². The van der Waals surface area contributed by atoms with Crippen LogP contribution in [-0.2, 0) is 0 Å². The van der Waals surface area contributed by atoms with Gasteiger partial charge in [-0.25, -0.2) is 15.4 Å². The lowest BCUT2D eigenvalue weighted by Crippen LogP contribution is -2.30. The third kappa shape index (κ3) is 2.72. The monoisotopic (exact) mass is 295 g/mol. The van der Waals surface area contributed by atoms with Crippen LogP contribution in [0, 0.1) is 13.8 Å². The number of hydrogen-bond donors (Lipinski definition) is 2. The number of hydrazine groups is 1. The normalized spacial score (nSPS) is 12.2. The highest BCUT2D eigenvalue weighted by molar-refractivity contribution is 7.11. The van der Waals surface area contributed by atoms with Crippen molar-refractivity contribution < 1.29 is 9.47 Å². The Morgan fingerprint density at radius 1 is 1.25 bits per heavy atom. The number of aromatic nitrogens is 3. The van der Waals surface area contributed by atoms with Gasteiger partial charge in [0.2, 0.25) is 11.8 Å². The van der Waals surface area contributed by atoms with Crippen LogP contribution in [0.25, 0.3) is 0 Å². The second-order valence-electron chi connectivity index (χ2n) is 4.09. The molecule has 2 aromatic rings. The quantitative estimate of drug-likeness (QED) is 0.630. The molecule has 0 fully saturated rings.